The van der Waals surface area contributed by atoms with Crippen LogP contribution in [0.15, 0.2) is 0 Å². The molecular weight excluding hydrogens is 204 g/mol. The molecule has 2 aliphatic rings. The summed E-state index contributed by atoms with van der Waals surface area (Å²) in [4.78, 5) is 0. The second-order valence-electron chi connectivity index (χ2n) is 6.98. The van der Waals surface area contributed by atoms with E-state index in [0.29, 0.717) is 0 Å². The van der Waals surface area contributed by atoms with Gasteiger partial charge in [0.1, 0.15) is 0 Å². The van der Waals surface area contributed by atoms with Crippen molar-refractivity contribution in [1.82, 2.24) is 0 Å². The third kappa shape index (κ3) is 3.26. The Morgan fingerprint density at radius 1 is 0.941 bits per heavy atom. The third-order valence-electron chi connectivity index (χ3n) is 5.77. The summed E-state index contributed by atoms with van der Waals surface area (Å²) in [6, 6.07) is 0. The maximum Gasteiger partial charge on any atom is -0.0269 e. The topological polar surface area (TPSA) is 0 Å². The van der Waals surface area contributed by atoms with Crippen molar-refractivity contribution in [2.24, 2.45) is 17.3 Å². The zero-order valence-electron chi connectivity index (χ0n) is 12.1. The Morgan fingerprint density at radius 3 is 2.18 bits per heavy atom. The SMILES string of the molecule is CCCCC1(C2CCCCC2)CCC(C)CC1. The first-order valence-corrected chi connectivity index (χ1v) is 8.27. The fourth-order valence-electron chi connectivity index (χ4n) is 4.44. The van der Waals surface area contributed by atoms with Crippen LogP contribution in [0.5, 0.6) is 0 Å². The summed E-state index contributed by atoms with van der Waals surface area (Å²) in [5.74, 6) is 2.10. The number of hydrogen-bond acceptors (Lipinski definition) is 0. The van der Waals surface area contributed by atoms with E-state index in [2.05, 4.69) is 13.8 Å². The van der Waals surface area contributed by atoms with Gasteiger partial charge in [0.15, 0.2) is 0 Å². The minimum Gasteiger partial charge on any atom is -0.0654 e. The molecule has 0 spiro atoms. The van der Waals surface area contributed by atoms with Crippen molar-refractivity contribution in [2.45, 2.75) is 90.9 Å². The highest BCUT2D eigenvalue weighted by molar-refractivity contribution is 4.91. The van der Waals surface area contributed by atoms with Gasteiger partial charge in [-0.2, -0.15) is 0 Å². The van der Waals surface area contributed by atoms with Gasteiger partial charge in [-0.1, -0.05) is 58.8 Å². The highest BCUT2D eigenvalue weighted by Gasteiger charge is 2.40. The first kappa shape index (κ1) is 13.4. The molecule has 0 bridgehead atoms. The lowest BCUT2D eigenvalue weighted by Gasteiger charge is -2.47. The first-order chi connectivity index (χ1) is 8.27. The molecule has 0 radical (unpaired) electrons. The van der Waals surface area contributed by atoms with Crippen molar-refractivity contribution in [3.63, 3.8) is 0 Å². The van der Waals surface area contributed by atoms with Crippen molar-refractivity contribution >= 4 is 0 Å². The molecule has 0 atom stereocenters. The van der Waals surface area contributed by atoms with Gasteiger partial charge < -0.3 is 0 Å². The molecule has 2 saturated carbocycles. The Kier molecular flexibility index (Phi) is 4.94. The maximum atomic E-state index is 2.46. The van der Waals surface area contributed by atoms with Gasteiger partial charge >= 0.3 is 0 Å². The van der Waals surface area contributed by atoms with Gasteiger partial charge in [-0.05, 0) is 49.4 Å². The molecule has 0 nitrogen and oxygen atoms in total. The number of hydrogen-bond donors (Lipinski definition) is 0. The van der Waals surface area contributed by atoms with E-state index in [0.717, 1.165) is 17.3 Å². The molecule has 0 unspecified atom stereocenters. The van der Waals surface area contributed by atoms with Crippen LogP contribution < -0.4 is 0 Å². The van der Waals surface area contributed by atoms with Crippen molar-refractivity contribution in [1.29, 1.82) is 0 Å². The molecular formula is C17H32. The summed E-state index contributed by atoms with van der Waals surface area (Å²) in [5.41, 5.74) is 0.781. The van der Waals surface area contributed by atoms with Crippen LogP contribution in [-0.4, -0.2) is 0 Å². The molecule has 0 N–H and O–H groups in total. The number of unbranched alkanes of at least 4 members (excludes halogenated alkanes) is 1. The van der Waals surface area contributed by atoms with Crippen molar-refractivity contribution in [3.05, 3.63) is 0 Å². The first-order valence-electron chi connectivity index (χ1n) is 8.27. The lowest BCUT2D eigenvalue weighted by Crippen LogP contribution is -2.36. The Morgan fingerprint density at radius 2 is 1.59 bits per heavy atom. The second kappa shape index (κ2) is 6.25. The van der Waals surface area contributed by atoms with Crippen LogP contribution in [0.3, 0.4) is 0 Å². The molecule has 0 aromatic rings. The van der Waals surface area contributed by atoms with E-state index in [-0.39, 0.29) is 0 Å². The fraction of sp³-hybridized carbons (Fsp3) is 1.00. The van der Waals surface area contributed by atoms with Crippen LogP contribution in [0.2, 0.25) is 0 Å². The smallest absolute Gasteiger partial charge is 0.0269 e. The summed E-state index contributed by atoms with van der Waals surface area (Å²) in [6.45, 7) is 4.82. The van der Waals surface area contributed by atoms with E-state index >= 15 is 0 Å². The Bertz CT molecular complexity index is 199. The number of rotatable bonds is 4. The molecule has 0 aromatic carbocycles. The van der Waals surface area contributed by atoms with E-state index in [1.165, 1.54) is 44.9 Å². The highest BCUT2D eigenvalue weighted by atomic mass is 14.5. The predicted octanol–water partition coefficient (Wildman–Crippen LogP) is 5.95. The zero-order chi connectivity index (χ0) is 12.1. The van der Waals surface area contributed by atoms with Gasteiger partial charge in [0, 0.05) is 0 Å². The summed E-state index contributed by atoms with van der Waals surface area (Å²) in [6.07, 6.45) is 18.2. The standard InChI is InChI=1S/C17H32/c1-3-4-12-17(13-10-15(2)11-14-17)16-8-6-5-7-9-16/h15-16H,3-14H2,1-2H3. The Hall–Kier alpha value is 0. The van der Waals surface area contributed by atoms with Gasteiger partial charge in [-0.25, -0.2) is 0 Å². The molecule has 0 aliphatic heterocycles. The van der Waals surface area contributed by atoms with Gasteiger partial charge in [0.25, 0.3) is 0 Å². The summed E-state index contributed by atoms with van der Waals surface area (Å²) in [5, 5.41) is 0. The van der Waals surface area contributed by atoms with Crippen LogP contribution in [-0.2, 0) is 0 Å². The third-order valence-corrected chi connectivity index (χ3v) is 5.77. The second-order valence-corrected chi connectivity index (χ2v) is 6.98. The summed E-state index contributed by atoms with van der Waals surface area (Å²) < 4.78 is 0. The molecule has 0 heterocycles. The minimum absolute atomic E-state index is 0.781. The Labute approximate surface area is 109 Å². The van der Waals surface area contributed by atoms with Crippen molar-refractivity contribution < 1.29 is 0 Å². The van der Waals surface area contributed by atoms with E-state index < -0.39 is 0 Å². The maximum absolute atomic E-state index is 2.46. The largest absolute Gasteiger partial charge is 0.0654 e. The van der Waals surface area contributed by atoms with Crippen molar-refractivity contribution in [2.75, 3.05) is 0 Å². The fourth-order valence-corrected chi connectivity index (χ4v) is 4.44. The van der Waals surface area contributed by atoms with Crippen LogP contribution in [0.1, 0.15) is 90.9 Å². The van der Waals surface area contributed by atoms with Gasteiger partial charge in [0.2, 0.25) is 0 Å². The molecule has 100 valence electrons. The Balaban J connectivity index is 2.00. The van der Waals surface area contributed by atoms with Gasteiger partial charge in [0.05, 0.1) is 0 Å². The van der Waals surface area contributed by atoms with Crippen LogP contribution in [0.25, 0.3) is 0 Å². The van der Waals surface area contributed by atoms with Gasteiger partial charge in [-0.15, -0.1) is 0 Å². The normalized spacial score (nSPS) is 36.0. The zero-order valence-corrected chi connectivity index (χ0v) is 12.1. The van der Waals surface area contributed by atoms with Crippen LogP contribution in [0.4, 0.5) is 0 Å². The van der Waals surface area contributed by atoms with Crippen LogP contribution in [0, 0.1) is 17.3 Å². The monoisotopic (exact) mass is 236 g/mol. The molecule has 0 heteroatoms. The van der Waals surface area contributed by atoms with E-state index in [1.54, 1.807) is 32.1 Å². The summed E-state index contributed by atoms with van der Waals surface area (Å²) >= 11 is 0. The molecule has 17 heavy (non-hydrogen) atoms. The average Bonchev–Trinajstić information content (AvgIpc) is 2.40. The quantitative estimate of drug-likeness (QED) is 0.565. The van der Waals surface area contributed by atoms with E-state index in [4.69, 9.17) is 0 Å². The lowest BCUT2D eigenvalue weighted by atomic mass is 9.58. The minimum atomic E-state index is 0.781. The molecule has 0 aromatic heterocycles. The van der Waals surface area contributed by atoms with E-state index in [1.807, 2.05) is 0 Å². The van der Waals surface area contributed by atoms with Crippen molar-refractivity contribution in [3.8, 4) is 0 Å². The van der Waals surface area contributed by atoms with Gasteiger partial charge in [-0.3, -0.25) is 0 Å². The highest BCUT2D eigenvalue weighted by Crippen LogP contribution is 2.52. The molecule has 0 amide bonds. The molecule has 2 fully saturated rings. The lowest BCUT2D eigenvalue weighted by molar-refractivity contribution is 0.0404. The average molecular weight is 236 g/mol. The predicted molar refractivity (Wildman–Crippen MR) is 76.2 cm³/mol. The molecule has 2 aliphatic carbocycles. The summed E-state index contributed by atoms with van der Waals surface area (Å²) in [7, 11) is 0. The molecule has 0 saturated heterocycles. The molecule has 2 rings (SSSR count). The van der Waals surface area contributed by atoms with Crippen LogP contribution >= 0.6 is 0 Å². The van der Waals surface area contributed by atoms with E-state index in [9.17, 15) is 0 Å².